The summed E-state index contributed by atoms with van der Waals surface area (Å²) >= 11 is 3.42. The Balaban J connectivity index is 1.55. The van der Waals surface area contributed by atoms with Crippen LogP contribution in [-0.2, 0) is 0 Å². The molecule has 0 atom stereocenters. The normalized spacial score (nSPS) is 15.8. The third-order valence-corrected chi connectivity index (χ3v) is 5.23. The van der Waals surface area contributed by atoms with E-state index in [0.29, 0.717) is 17.3 Å². The van der Waals surface area contributed by atoms with Crippen molar-refractivity contribution in [3.05, 3.63) is 47.1 Å². The van der Waals surface area contributed by atoms with Crippen molar-refractivity contribution in [1.82, 2.24) is 14.8 Å². The number of carbonyl (C=O) groups is 1. The molecule has 1 aliphatic heterocycles. The van der Waals surface area contributed by atoms with Crippen LogP contribution in [0.2, 0.25) is 0 Å². The zero-order valence-corrected chi connectivity index (χ0v) is 18.2. The Labute approximate surface area is 175 Å². The van der Waals surface area contributed by atoms with Crippen molar-refractivity contribution >= 4 is 27.6 Å². The van der Waals surface area contributed by atoms with Crippen LogP contribution < -0.4 is 10.1 Å². The molecule has 1 N–H and O–H groups in total. The van der Waals surface area contributed by atoms with Gasteiger partial charge in [-0.1, -0.05) is 22.0 Å². The van der Waals surface area contributed by atoms with Gasteiger partial charge in [0.2, 0.25) is 5.88 Å². The van der Waals surface area contributed by atoms with Gasteiger partial charge in [-0.3, -0.25) is 4.90 Å². The van der Waals surface area contributed by atoms with E-state index < -0.39 is 0 Å². The van der Waals surface area contributed by atoms with Gasteiger partial charge >= 0.3 is 6.03 Å². The summed E-state index contributed by atoms with van der Waals surface area (Å²) < 4.78 is 6.67. The molecule has 0 spiro atoms. The van der Waals surface area contributed by atoms with E-state index in [-0.39, 0.29) is 11.6 Å². The number of urea groups is 1. The first-order chi connectivity index (χ1) is 13.3. The fourth-order valence-electron chi connectivity index (χ4n) is 3.16. The van der Waals surface area contributed by atoms with E-state index in [0.717, 1.165) is 37.1 Å². The molecular formula is C21H27BrN4O2. The number of hydrogen-bond donors (Lipinski definition) is 1. The number of benzene rings is 1. The van der Waals surface area contributed by atoms with Crippen LogP contribution in [-0.4, -0.2) is 52.5 Å². The van der Waals surface area contributed by atoms with E-state index in [1.165, 1.54) is 0 Å². The molecule has 7 heteroatoms. The Morgan fingerprint density at radius 1 is 1.14 bits per heavy atom. The van der Waals surface area contributed by atoms with Gasteiger partial charge < -0.3 is 15.0 Å². The van der Waals surface area contributed by atoms with Crippen LogP contribution in [0.4, 0.5) is 10.5 Å². The first kappa shape index (κ1) is 20.6. The third kappa shape index (κ3) is 5.69. The number of ether oxygens (including phenoxy) is 1. The molecule has 1 aromatic carbocycles. The Hall–Kier alpha value is -2.12. The standard InChI is InChI=1S/C21H27BrN4O2/c1-21(2,3)26-11-5-10-25(12-13-26)20(27)24-17-8-9-19(23-15-17)28-18-7-4-6-16(22)14-18/h4,6-9,14-15H,5,10-13H2,1-3H3,(H,24,27). The van der Waals surface area contributed by atoms with E-state index in [9.17, 15) is 4.79 Å². The summed E-state index contributed by atoms with van der Waals surface area (Å²) in [5.74, 6) is 1.18. The van der Waals surface area contributed by atoms with Gasteiger partial charge in [0.15, 0.2) is 0 Å². The number of hydrogen-bond acceptors (Lipinski definition) is 4. The molecule has 0 aliphatic carbocycles. The van der Waals surface area contributed by atoms with Gasteiger partial charge in [0.25, 0.3) is 0 Å². The van der Waals surface area contributed by atoms with E-state index in [4.69, 9.17) is 4.74 Å². The molecule has 1 fully saturated rings. The van der Waals surface area contributed by atoms with Crippen LogP contribution >= 0.6 is 15.9 Å². The van der Waals surface area contributed by atoms with Crippen molar-refractivity contribution in [3.63, 3.8) is 0 Å². The summed E-state index contributed by atoms with van der Waals surface area (Å²) in [5, 5.41) is 2.94. The predicted molar refractivity (Wildman–Crippen MR) is 115 cm³/mol. The fourth-order valence-corrected chi connectivity index (χ4v) is 3.54. The average Bonchev–Trinajstić information content (AvgIpc) is 2.90. The van der Waals surface area contributed by atoms with Crippen molar-refractivity contribution in [2.75, 3.05) is 31.5 Å². The number of amides is 2. The van der Waals surface area contributed by atoms with Crippen molar-refractivity contribution in [2.24, 2.45) is 0 Å². The van der Waals surface area contributed by atoms with Gasteiger partial charge in [-0.05, 0) is 51.5 Å². The maximum atomic E-state index is 12.6. The maximum Gasteiger partial charge on any atom is 0.321 e. The highest BCUT2D eigenvalue weighted by Gasteiger charge is 2.25. The second-order valence-electron chi connectivity index (χ2n) is 7.87. The highest BCUT2D eigenvalue weighted by atomic mass is 79.9. The van der Waals surface area contributed by atoms with Crippen LogP contribution in [0.5, 0.6) is 11.6 Å². The second kappa shape index (κ2) is 8.92. The summed E-state index contributed by atoms with van der Waals surface area (Å²) in [6.07, 6.45) is 2.59. The zero-order chi connectivity index (χ0) is 20.1. The molecule has 28 heavy (non-hydrogen) atoms. The van der Waals surface area contributed by atoms with Gasteiger partial charge in [-0.25, -0.2) is 9.78 Å². The maximum absolute atomic E-state index is 12.6. The van der Waals surface area contributed by atoms with Gasteiger partial charge in [-0.2, -0.15) is 0 Å². The van der Waals surface area contributed by atoms with Crippen molar-refractivity contribution in [3.8, 4) is 11.6 Å². The lowest BCUT2D eigenvalue weighted by atomic mass is 10.1. The summed E-state index contributed by atoms with van der Waals surface area (Å²) in [5.41, 5.74) is 0.782. The molecule has 0 bridgehead atoms. The van der Waals surface area contributed by atoms with Crippen molar-refractivity contribution in [2.45, 2.75) is 32.7 Å². The van der Waals surface area contributed by atoms with Gasteiger partial charge in [-0.15, -0.1) is 0 Å². The van der Waals surface area contributed by atoms with E-state index >= 15 is 0 Å². The Morgan fingerprint density at radius 3 is 2.64 bits per heavy atom. The quantitative estimate of drug-likeness (QED) is 0.722. The van der Waals surface area contributed by atoms with E-state index in [1.807, 2.05) is 29.2 Å². The highest BCUT2D eigenvalue weighted by molar-refractivity contribution is 9.10. The minimum Gasteiger partial charge on any atom is -0.439 e. The third-order valence-electron chi connectivity index (χ3n) is 4.74. The van der Waals surface area contributed by atoms with Crippen molar-refractivity contribution in [1.29, 1.82) is 0 Å². The van der Waals surface area contributed by atoms with E-state index in [1.54, 1.807) is 18.3 Å². The number of carbonyl (C=O) groups excluding carboxylic acids is 1. The molecule has 0 radical (unpaired) electrons. The van der Waals surface area contributed by atoms with Crippen LogP contribution in [0.15, 0.2) is 47.1 Å². The lowest BCUT2D eigenvalue weighted by Crippen LogP contribution is -2.44. The fraction of sp³-hybridized carbons (Fsp3) is 0.429. The molecule has 150 valence electrons. The van der Waals surface area contributed by atoms with Gasteiger partial charge in [0.1, 0.15) is 5.75 Å². The van der Waals surface area contributed by atoms with Crippen LogP contribution in [0, 0.1) is 0 Å². The highest BCUT2D eigenvalue weighted by Crippen LogP contribution is 2.24. The summed E-state index contributed by atoms with van der Waals surface area (Å²) in [6.45, 7) is 10.0. The monoisotopic (exact) mass is 446 g/mol. The molecule has 1 aliphatic rings. The molecule has 1 saturated heterocycles. The summed E-state index contributed by atoms with van der Waals surface area (Å²) in [7, 11) is 0. The average molecular weight is 447 g/mol. The zero-order valence-electron chi connectivity index (χ0n) is 16.6. The lowest BCUT2D eigenvalue weighted by molar-refractivity contribution is 0.142. The van der Waals surface area contributed by atoms with Crippen LogP contribution in [0.3, 0.4) is 0 Å². The van der Waals surface area contributed by atoms with Crippen molar-refractivity contribution < 1.29 is 9.53 Å². The van der Waals surface area contributed by atoms with Crippen LogP contribution in [0.1, 0.15) is 27.2 Å². The molecule has 6 nitrogen and oxygen atoms in total. The Bertz CT molecular complexity index is 805. The number of nitrogens with zero attached hydrogens (tertiary/aromatic N) is 3. The largest absolute Gasteiger partial charge is 0.439 e. The SMILES string of the molecule is CC(C)(C)N1CCCN(C(=O)Nc2ccc(Oc3cccc(Br)c3)nc2)CC1. The molecule has 0 saturated carbocycles. The Morgan fingerprint density at radius 2 is 1.96 bits per heavy atom. The second-order valence-corrected chi connectivity index (χ2v) is 8.79. The number of rotatable bonds is 3. The molecule has 2 amide bonds. The molecule has 2 heterocycles. The predicted octanol–water partition coefficient (Wildman–Crippen LogP) is 4.97. The van der Waals surface area contributed by atoms with Gasteiger partial charge in [0, 0.05) is 42.3 Å². The molecular weight excluding hydrogens is 420 g/mol. The van der Waals surface area contributed by atoms with E-state index in [2.05, 4.69) is 51.9 Å². The lowest BCUT2D eigenvalue weighted by Gasteiger charge is -2.34. The number of halogens is 1. The number of pyridine rings is 1. The molecule has 3 rings (SSSR count). The Kier molecular flexibility index (Phi) is 6.57. The minimum atomic E-state index is -0.0850. The number of anilines is 1. The molecule has 1 aromatic heterocycles. The van der Waals surface area contributed by atoms with Gasteiger partial charge in [0.05, 0.1) is 11.9 Å². The van der Waals surface area contributed by atoms with Crippen LogP contribution in [0.25, 0.3) is 0 Å². The molecule has 2 aromatic rings. The number of aromatic nitrogens is 1. The number of nitrogens with one attached hydrogen (secondary N) is 1. The smallest absolute Gasteiger partial charge is 0.321 e. The summed E-state index contributed by atoms with van der Waals surface area (Å²) in [6, 6.07) is 11.0. The molecule has 0 unspecified atom stereocenters. The topological polar surface area (TPSA) is 57.7 Å². The summed E-state index contributed by atoms with van der Waals surface area (Å²) in [4.78, 5) is 21.2. The first-order valence-electron chi connectivity index (χ1n) is 9.52. The first-order valence-corrected chi connectivity index (χ1v) is 10.3. The minimum absolute atomic E-state index is 0.0850.